The van der Waals surface area contributed by atoms with Gasteiger partial charge in [0.2, 0.25) is 0 Å². The van der Waals surface area contributed by atoms with Crippen LogP contribution in [0, 0.1) is 27.7 Å². The van der Waals surface area contributed by atoms with E-state index in [-0.39, 0.29) is 11.9 Å². The minimum absolute atomic E-state index is 0.00111. The fourth-order valence-corrected chi connectivity index (χ4v) is 2.73. The molecule has 0 aromatic heterocycles. The number of rotatable bonds is 3. The molecule has 0 heterocycles. The summed E-state index contributed by atoms with van der Waals surface area (Å²) >= 11 is 0. The second-order valence-corrected chi connectivity index (χ2v) is 5.87. The molecule has 0 spiro atoms. The molecular weight excluding hydrogens is 258 g/mol. The number of amides is 1. The van der Waals surface area contributed by atoms with Crippen molar-refractivity contribution in [1.82, 2.24) is 5.32 Å². The third-order valence-electron chi connectivity index (χ3n) is 3.87. The molecule has 1 atom stereocenters. The minimum atomic E-state index is -0.0139. The van der Waals surface area contributed by atoms with E-state index in [2.05, 4.69) is 37.4 Å². The SMILES string of the molecule is Cc1ccc(C(=O)NC(C)c2ccc(C)cc2C)c(C)c1. The van der Waals surface area contributed by atoms with Gasteiger partial charge in [-0.3, -0.25) is 4.79 Å². The zero-order valence-electron chi connectivity index (χ0n) is 13.4. The van der Waals surface area contributed by atoms with E-state index < -0.39 is 0 Å². The molecule has 110 valence electrons. The van der Waals surface area contributed by atoms with Gasteiger partial charge in [-0.2, -0.15) is 0 Å². The van der Waals surface area contributed by atoms with E-state index in [0.29, 0.717) is 0 Å². The number of hydrogen-bond donors (Lipinski definition) is 1. The molecule has 1 unspecified atom stereocenters. The van der Waals surface area contributed by atoms with Gasteiger partial charge in [-0.1, -0.05) is 41.5 Å². The van der Waals surface area contributed by atoms with Crippen molar-refractivity contribution in [3.63, 3.8) is 0 Å². The van der Waals surface area contributed by atoms with E-state index in [9.17, 15) is 4.79 Å². The Bertz CT molecular complexity index is 673. The van der Waals surface area contributed by atoms with Crippen LogP contribution in [0.5, 0.6) is 0 Å². The van der Waals surface area contributed by atoms with Gasteiger partial charge in [0.25, 0.3) is 5.91 Å². The highest BCUT2D eigenvalue weighted by Gasteiger charge is 2.14. The molecule has 0 saturated carbocycles. The maximum absolute atomic E-state index is 12.4. The van der Waals surface area contributed by atoms with Crippen LogP contribution in [-0.4, -0.2) is 5.91 Å². The van der Waals surface area contributed by atoms with E-state index in [1.165, 1.54) is 22.3 Å². The Morgan fingerprint density at radius 3 is 2.05 bits per heavy atom. The molecule has 2 aromatic carbocycles. The molecule has 2 heteroatoms. The van der Waals surface area contributed by atoms with Crippen LogP contribution in [0.15, 0.2) is 36.4 Å². The van der Waals surface area contributed by atoms with Crippen molar-refractivity contribution >= 4 is 5.91 Å². The van der Waals surface area contributed by atoms with Gasteiger partial charge in [-0.15, -0.1) is 0 Å². The molecule has 0 radical (unpaired) electrons. The van der Waals surface area contributed by atoms with E-state index in [0.717, 1.165) is 11.1 Å². The molecule has 0 saturated heterocycles. The lowest BCUT2D eigenvalue weighted by molar-refractivity contribution is 0.0939. The first kappa shape index (κ1) is 15.3. The topological polar surface area (TPSA) is 29.1 Å². The highest BCUT2D eigenvalue weighted by Crippen LogP contribution is 2.19. The van der Waals surface area contributed by atoms with E-state index in [4.69, 9.17) is 0 Å². The second-order valence-electron chi connectivity index (χ2n) is 5.87. The predicted molar refractivity (Wildman–Crippen MR) is 87.7 cm³/mol. The lowest BCUT2D eigenvalue weighted by Crippen LogP contribution is -2.27. The number of carbonyl (C=O) groups excluding carboxylic acids is 1. The van der Waals surface area contributed by atoms with Crippen molar-refractivity contribution in [1.29, 1.82) is 0 Å². The quantitative estimate of drug-likeness (QED) is 0.887. The van der Waals surface area contributed by atoms with Crippen molar-refractivity contribution in [2.75, 3.05) is 0 Å². The van der Waals surface area contributed by atoms with Crippen LogP contribution in [0.3, 0.4) is 0 Å². The first-order chi connectivity index (χ1) is 9.88. The van der Waals surface area contributed by atoms with Gasteiger partial charge in [0.05, 0.1) is 6.04 Å². The van der Waals surface area contributed by atoms with Gasteiger partial charge in [-0.25, -0.2) is 0 Å². The summed E-state index contributed by atoms with van der Waals surface area (Å²) in [5.41, 5.74) is 6.55. The molecule has 0 fully saturated rings. The summed E-state index contributed by atoms with van der Waals surface area (Å²) in [7, 11) is 0. The highest BCUT2D eigenvalue weighted by atomic mass is 16.1. The average molecular weight is 281 g/mol. The summed E-state index contributed by atoms with van der Waals surface area (Å²) in [4.78, 5) is 12.4. The molecule has 0 aliphatic carbocycles. The normalized spacial score (nSPS) is 12.0. The number of hydrogen-bond acceptors (Lipinski definition) is 1. The van der Waals surface area contributed by atoms with Gasteiger partial charge < -0.3 is 5.32 Å². The summed E-state index contributed by atoms with van der Waals surface area (Å²) < 4.78 is 0. The van der Waals surface area contributed by atoms with Crippen LogP contribution in [0.4, 0.5) is 0 Å². The second kappa shape index (κ2) is 6.13. The molecule has 2 aromatic rings. The summed E-state index contributed by atoms with van der Waals surface area (Å²) in [6, 6.07) is 12.2. The molecule has 0 aliphatic heterocycles. The first-order valence-corrected chi connectivity index (χ1v) is 7.33. The molecule has 0 aliphatic rings. The Morgan fingerprint density at radius 2 is 1.48 bits per heavy atom. The molecule has 2 nitrogen and oxygen atoms in total. The van der Waals surface area contributed by atoms with Crippen LogP contribution in [-0.2, 0) is 0 Å². The average Bonchev–Trinajstić information content (AvgIpc) is 2.37. The number of benzene rings is 2. The van der Waals surface area contributed by atoms with Crippen LogP contribution in [0.1, 0.15) is 51.1 Å². The van der Waals surface area contributed by atoms with E-state index >= 15 is 0 Å². The molecule has 21 heavy (non-hydrogen) atoms. The van der Waals surface area contributed by atoms with E-state index in [1.807, 2.05) is 39.0 Å². The smallest absolute Gasteiger partial charge is 0.252 e. The maximum Gasteiger partial charge on any atom is 0.252 e. The van der Waals surface area contributed by atoms with Crippen LogP contribution in [0.25, 0.3) is 0 Å². The van der Waals surface area contributed by atoms with Crippen molar-refractivity contribution in [2.45, 2.75) is 40.7 Å². The largest absolute Gasteiger partial charge is 0.346 e. The third-order valence-corrected chi connectivity index (χ3v) is 3.87. The van der Waals surface area contributed by atoms with Crippen molar-refractivity contribution < 1.29 is 4.79 Å². The Balaban J connectivity index is 2.18. The minimum Gasteiger partial charge on any atom is -0.346 e. The lowest BCUT2D eigenvalue weighted by atomic mass is 9.99. The monoisotopic (exact) mass is 281 g/mol. The maximum atomic E-state index is 12.4. The highest BCUT2D eigenvalue weighted by molar-refractivity contribution is 5.95. The Morgan fingerprint density at radius 1 is 0.905 bits per heavy atom. The lowest BCUT2D eigenvalue weighted by Gasteiger charge is -2.18. The van der Waals surface area contributed by atoms with Gasteiger partial charge >= 0.3 is 0 Å². The van der Waals surface area contributed by atoms with Gasteiger partial charge in [0.1, 0.15) is 0 Å². The van der Waals surface area contributed by atoms with Crippen molar-refractivity contribution in [3.05, 3.63) is 69.8 Å². The zero-order chi connectivity index (χ0) is 15.6. The van der Waals surface area contributed by atoms with Gasteiger partial charge in [0.15, 0.2) is 0 Å². The summed E-state index contributed by atoms with van der Waals surface area (Å²) in [6.07, 6.45) is 0. The van der Waals surface area contributed by atoms with Gasteiger partial charge in [-0.05, 0) is 57.4 Å². The molecule has 2 rings (SSSR count). The van der Waals surface area contributed by atoms with Gasteiger partial charge in [0, 0.05) is 5.56 Å². The predicted octanol–water partition coefficient (Wildman–Crippen LogP) is 4.41. The first-order valence-electron chi connectivity index (χ1n) is 7.33. The Hall–Kier alpha value is -2.09. The Labute approximate surface area is 127 Å². The fraction of sp³-hybridized carbons (Fsp3) is 0.316. The molecule has 1 amide bonds. The summed E-state index contributed by atoms with van der Waals surface area (Å²) in [5, 5.41) is 3.09. The van der Waals surface area contributed by atoms with Crippen molar-refractivity contribution in [3.8, 4) is 0 Å². The standard InChI is InChI=1S/C19H23NO/c1-12-6-8-17(14(3)10-12)16(5)20-19(21)18-9-7-13(2)11-15(18)4/h6-11,16H,1-5H3,(H,20,21). The van der Waals surface area contributed by atoms with Crippen LogP contribution >= 0.6 is 0 Å². The molecule has 0 bridgehead atoms. The fourth-order valence-electron chi connectivity index (χ4n) is 2.73. The summed E-state index contributed by atoms with van der Waals surface area (Å²) in [5.74, 6) is -0.0139. The van der Waals surface area contributed by atoms with E-state index in [1.54, 1.807) is 0 Å². The summed E-state index contributed by atoms with van der Waals surface area (Å²) in [6.45, 7) is 10.2. The zero-order valence-corrected chi connectivity index (χ0v) is 13.4. The number of carbonyl (C=O) groups is 1. The van der Waals surface area contributed by atoms with Crippen molar-refractivity contribution in [2.24, 2.45) is 0 Å². The number of nitrogens with one attached hydrogen (secondary N) is 1. The van der Waals surface area contributed by atoms with Crippen LogP contribution < -0.4 is 5.32 Å². The third kappa shape index (κ3) is 3.52. The number of aryl methyl sites for hydroxylation is 4. The Kier molecular flexibility index (Phi) is 4.46. The van der Waals surface area contributed by atoms with Crippen LogP contribution in [0.2, 0.25) is 0 Å². The molecular formula is C19H23NO. The molecule has 1 N–H and O–H groups in total.